The maximum absolute atomic E-state index is 12.2. The lowest BCUT2D eigenvalue weighted by atomic mass is 9.61. The van der Waals surface area contributed by atoms with Crippen LogP contribution in [-0.4, -0.2) is 31.9 Å². The summed E-state index contributed by atoms with van der Waals surface area (Å²) < 4.78 is 18.7. The maximum Gasteiger partial charge on any atom is 0.168 e. The smallest absolute Gasteiger partial charge is 0.168 e. The fourth-order valence-electron chi connectivity index (χ4n) is 4.26. The minimum absolute atomic E-state index is 0.194. The lowest BCUT2D eigenvalue weighted by Crippen LogP contribution is -2.49. The fourth-order valence-corrected chi connectivity index (χ4v) is 4.60. The number of ether oxygens (including phenoxy) is 3. The zero-order chi connectivity index (χ0) is 15.2. The maximum atomic E-state index is 12.2. The fraction of sp³-hybridized carbons (Fsp3) is 0.588. The normalized spacial score (nSPS) is 32.7. The summed E-state index contributed by atoms with van der Waals surface area (Å²) in [7, 11) is 0. The van der Waals surface area contributed by atoms with Gasteiger partial charge < -0.3 is 19.0 Å². The number of carbonyl (C=O) groups is 1. The first-order valence-corrected chi connectivity index (χ1v) is 8.64. The molecule has 0 unspecified atom stereocenters. The second kappa shape index (κ2) is 5.32. The minimum atomic E-state index is -0.479. The van der Waals surface area contributed by atoms with E-state index < -0.39 is 11.2 Å². The van der Waals surface area contributed by atoms with E-state index in [1.807, 2.05) is 18.2 Å². The molecule has 0 radical (unpaired) electrons. The molecule has 1 aromatic carbocycles. The molecule has 1 saturated heterocycles. The van der Waals surface area contributed by atoms with E-state index in [-0.39, 0.29) is 5.92 Å². The molecular weight excluding hydrogens is 348 g/mol. The molecule has 0 bridgehead atoms. The Morgan fingerprint density at radius 3 is 2.77 bits per heavy atom. The van der Waals surface area contributed by atoms with Crippen molar-refractivity contribution < 1.29 is 19.0 Å². The third-order valence-electron chi connectivity index (χ3n) is 5.40. The molecule has 2 atom stereocenters. The summed E-state index contributed by atoms with van der Waals surface area (Å²) in [6.07, 6.45) is 4.27. The zero-order valence-electron chi connectivity index (χ0n) is 12.3. The standard InChI is InChI=1S/C17H19BrO4/c18-13-1-2-14-15(9-13)20-6-3-12-10-17(21-7-8-22-17)5-4-16(12,14)11-19/h1-2,9,11-12H,3-8,10H2/t12-,16-/m1/s1. The number of hydrogen-bond donors (Lipinski definition) is 0. The van der Waals surface area contributed by atoms with Gasteiger partial charge in [0, 0.05) is 22.9 Å². The van der Waals surface area contributed by atoms with Crippen molar-refractivity contribution in [1.82, 2.24) is 0 Å². The van der Waals surface area contributed by atoms with Crippen LogP contribution in [0.4, 0.5) is 0 Å². The molecule has 0 aromatic heterocycles. The Bertz CT molecular complexity index is 596. The molecule has 0 amide bonds. The second-order valence-corrected chi connectivity index (χ2v) is 7.36. The Morgan fingerprint density at radius 1 is 1.18 bits per heavy atom. The van der Waals surface area contributed by atoms with Gasteiger partial charge in [-0.2, -0.15) is 0 Å². The van der Waals surface area contributed by atoms with Crippen molar-refractivity contribution in [2.45, 2.75) is 36.9 Å². The van der Waals surface area contributed by atoms with E-state index in [0.717, 1.165) is 47.8 Å². The van der Waals surface area contributed by atoms with Crippen molar-refractivity contribution >= 4 is 22.2 Å². The van der Waals surface area contributed by atoms with Crippen molar-refractivity contribution in [3.63, 3.8) is 0 Å². The molecule has 2 heterocycles. The second-order valence-electron chi connectivity index (χ2n) is 6.44. The quantitative estimate of drug-likeness (QED) is 0.715. The van der Waals surface area contributed by atoms with Crippen LogP contribution in [0.5, 0.6) is 5.75 Å². The lowest BCUT2D eigenvalue weighted by Gasteiger charge is -2.46. The van der Waals surface area contributed by atoms with E-state index in [4.69, 9.17) is 14.2 Å². The van der Waals surface area contributed by atoms with Gasteiger partial charge in [0.15, 0.2) is 5.79 Å². The molecule has 2 fully saturated rings. The molecule has 4 rings (SSSR count). The monoisotopic (exact) mass is 366 g/mol. The molecule has 1 spiro atoms. The highest BCUT2D eigenvalue weighted by molar-refractivity contribution is 9.10. The number of carbonyl (C=O) groups excluding carboxylic acids is 1. The van der Waals surface area contributed by atoms with Gasteiger partial charge >= 0.3 is 0 Å². The average molecular weight is 367 g/mol. The third-order valence-corrected chi connectivity index (χ3v) is 5.89. The van der Waals surface area contributed by atoms with E-state index >= 15 is 0 Å². The zero-order valence-corrected chi connectivity index (χ0v) is 13.9. The summed E-state index contributed by atoms with van der Waals surface area (Å²) in [4.78, 5) is 12.2. The first-order chi connectivity index (χ1) is 10.7. The summed E-state index contributed by atoms with van der Waals surface area (Å²) in [5, 5.41) is 0. The Hall–Kier alpha value is -0.910. The predicted octanol–water partition coefficient (Wildman–Crippen LogP) is 3.21. The Balaban J connectivity index is 1.77. The van der Waals surface area contributed by atoms with Gasteiger partial charge in [-0.15, -0.1) is 0 Å². The number of fused-ring (bicyclic) bond motifs is 3. The molecule has 4 nitrogen and oxygen atoms in total. The first kappa shape index (κ1) is 14.7. The SMILES string of the molecule is O=C[C@]12CCC3(C[C@H]1CCOc1cc(Br)ccc12)OCCO3. The molecule has 1 aliphatic carbocycles. The van der Waals surface area contributed by atoms with Crippen LogP contribution in [0.2, 0.25) is 0 Å². The van der Waals surface area contributed by atoms with Crippen LogP contribution in [0.15, 0.2) is 22.7 Å². The molecule has 3 aliphatic rings. The highest BCUT2D eigenvalue weighted by Gasteiger charge is 2.54. The van der Waals surface area contributed by atoms with Crippen molar-refractivity contribution in [2.75, 3.05) is 19.8 Å². The van der Waals surface area contributed by atoms with E-state index in [0.29, 0.717) is 19.8 Å². The highest BCUT2D eigenvalue weighted by atomic mass is 79.9. The topological polar surface area (TPSA) is 44.8 Å². The number of aldehydes is 1. The van der Waals surface area contributed by atoms with E-state index in [1.54, 1.807) is 0 Å². The lowest BCUT2D eigenvalue weighted by molar-refractivity contribution is -0.197. The number of halogens is 1. The van der Waals surface area contributed by atoms with Crippen LogP contribution in [-0.2, 0) is 19.7 Å². The summed E-state index contributed by atoms with van der Waals surface area (Å²) in [6.45, 7) is 1.93. The van der Waals surface area contributed by atoms with Gasteiger partial charge in [-0.05, 0) is 30.9 Å². The van der Waals surface area contributed by atoms with Crippen LogP contribution < -0.4 is 4.74 Å². The van der Waals surface area contributed by atoms with Crippen molar-refractivity contribution in [1.29, 1.82) is 0 Å². The molecule has 2 aliphatic heterocycles. The van der Waals surface area contributed by atoms with Gasteiger partial charge in [-0.25, -0.2) is 0 Å². The summed E-state index contributed by atoms with van der Waals surface area (Å²) in [6, 6.07) is 5.99. The Labute approximate surface area is 138 Å². The largest absolute Gasteiger partial charge is 0.493 e. The van der Waals surface area contributed by atoms with Gasteiger partial charge in [0.2, 0.25) is 0 Å². The van der Waals surface area contributed by atoms with Gasteiger partial charge in [0.05, 0.1) is 25.2 Å². The first-order valence-electron chi connectivity index (χ1n) is 7.85. The van der Waals surface area contributed by atoms with Crippen molar-refractivity contribution in [3.05, 3.63) is 28.2 Å². The molecule has 1 aromatic rings. The van der Waals surface area contributed by atoms with Crippen LogP contribution in [0, 0.1) is 5.92 Å². The summed E-state index contributed by atoms with van der Waals surface area (Å²) in [5.74, 6) is 0.546. The van der Waals surface area contributed by atoms with Gasteiger partial charge in [-0.1, -0.05) is 22.0 Å². The summed E-state index contributed by atoms with van der Waals surface area (Å²) >= 11 is 3.48. The molecule has 22 heavy (non-hydrogen) atoms. The molecule has 1 saturated carbocycles. The number of rotatable bonds is 1. The molecule has 5 heteroatoms. The van der Waals surface area contributed by atoms with Crippen molar-refractivity contribution in [3.8, 4) is 5.75 Å². The molecule has 0 N–H and O–H groups in total. The number of hydrogen-bond acceptors (Lipinski definition) is 4. The third kappa shape index (κ3) is 2.14. The Kier molecular flexibility index (Phi) is 3.55. The van der Waals surface area contributed by atoms with Crippen LogP contribution in [0.3, 0.4) is 0 Å². The predicted molar refractivity (Wildman–Crippen MR) is 84.0 cm³/mol. The molecular formula is C17H19BrO4. The van der Waals surface area contributed by atoms with E-state index in [2.05, 4.69) is 15.9 Å². The average Bonchev–Trinajstić information content (AvgIpc) is 2.90. The molecule has 118 valence electrons. The highest BCUT2D eigenvalue weighted by Crippen LogP contribution is 2.53. The van der Waals surface area contributed by atoms with E-state index in [1.165, 1.54) is 0 Å². The van der Waals surface area contributed by atoms with Gasteiger partial charge in [0.1, 0.15) is 12.0 Å². The van der Waals surface area contributed by atoms with Crippen LogP contribution in [0.1, 0.15) is 31.2 Å². The Morgan fingerprint density at radius 2 is 2.00 bits per heavy atom. The van der Waals surface area contributed by atoms with Crippen LogP contribution >= 0.6 is 15.9 Å². The van der Waals surface area contributed by atoms with Gasteiger partial charge in [0.25, 0.3) is 0 Å². The van der Waals surface area contributed by atoms with E-state index in [9.17, 15) is 4.79 Å². The van der Waals surface area contributed by atoms with Crippen molar-refractivity contribution in [2.24, 2.45) is 5.92 Å². The van der Waals surface area contributed by atoms with Crippen LogP contribution in [0.25, 0.3) is 0 Å². The summed E-state index contributed by atoms with van der Waals surface area (Å²) in [5.41, 5.74) is 0.536. The van der Waals surface area contributed by atoms with Gasteiger partial charge in [-0.3, -0.25) is 0 Å². The minimum Gasteiger partial charge on any atom is -0.493 e. The number of benzene rings is 1.